The number of benzene rings is 1. The van der Waals surface area contributed by atoms with E-state index in [1.165, 1.54) is 0 Å². The molecule has 0 aliphatic carbocycles. The van der Waals surface area contributed by atoms with Gasteiger partial charge >= 0.3 is 0 Å². The molecule has 6 heteroatoms. The van der Waals surface area contributed by atoms with Gasteiger partial charge in [0.15, 0.2) is 0 Å². The average Bonchev–Trinajstić information content (AvgIpc) is 2.72. The lowest BCUT2D eigenvalue weighted by Gasteiger charge is -2.20. The molecule has 4 N–H and O–H groups in total. The van der Waals surface area contributed by atoms with Gasteiger partial charge in [0.1, 0.15) is 5.82 Å². The Bertz CT molecular complexity index is 957. The van der Waals surface area contributed by atoms with E-state index in [2.05, 4.69) is 58.3 Å². The molecule has 0 aliphatic rings. The first kappa shape index (κ1) is 19.7. The van der Waals surface area contributed by atoms with E-state index in [0.717, 1.165) is 57.1 Å². The van der Waals surface area contributed by atoms with Gasteiger partial charge < -0.3 is 21.3 Å². The van der Waals surface area contributed by atoms with E-state index < -0.39 is 0 Å². The first-order chi connectivity index (χ1) is 13.5. The third kappa shape index (κ3) is 3.67. The van der Waals surface area contributed by atoms with E-state index in [4.69, 9.17) is 4.98 Å². The highest BCUT2D eigenvalue weighted by atomic mass is 15.1. The maximum absolute atomic E-state index is 4.81. The molecule has 2 aromatic heterocycles. The zero-order valence-electron chi connectivity index (χ0n) is 17.6. The Morgan fingerprint density at radius 1 is 0.964 bits per heavy atom. The van der Waals surface area contributed by atoms with Crippen LogP contribution in [0.2, 0.25) is 0 Å². The number of fused-ring (bicyclic) bond motifs is 1. The van der Waals surface area contributed by atoms with Crippen molar-refractivity contribution in [2.45, 2.75) is 33.1 Å². The van der Waals surface area contributed by atoms with Crippen LogP contribution in [-0.2, 0) is 0 Å². The minimum absolute atomic E-state index is 0.397. The molecule has 28 heavy (non-hydrogen) atoms. The van der Waals surface area contributed by atoms with Gasteiger partial charge in [-0.3, -0.25) is 4.98 Å². The molecule has 1 aromatic carbocycles. The predicted octanol–water partition coefficient (Wildman–Crippen LogP) is 5.32. The lowest BCUT2D eigenvalue weighted by molar-refractivity contribution is 0.715. The Balaban J connectivity index is 2.18. The first-order valence-electron chi connectivity index (χ1n) is 9.76. The van der Waals surface area contributed by atoms with Crippen LogP contribution in [0.4, 0.5) is 28.6 Å². The van der Waals surface area contributed by atoms with Gasteiger partial charge in [-0.15, -0.1) is 0 Å². The van der Waals surface area contributed by atoms with E-state index in [1.807, 2.05) is 40.3 Å². The summed E-state index contributed by atoms with van der Waals surface area (Å²) < 4.78 is 0. The van der Waals surface area contributed by atoms with Gasteiger partial charge in [0, 0.05) is 49.5 Å². The van der Waals surface area contributed by atoms with Crippen LogP contribution in [0.3, 0.4) is 0 Å². The SMILES string of the molecule is CCC(C)c1nccc2c(Nc3c(NC)cc(NC)cc3NC)nc(C)cc12. The zero-order chi connectivity index (χ0) is 20.3. The number of aryl methyl sites for hydroxylation is 1. The smallest absolute Gasteiger partial charge is 0.138 e. The van der Waals surface area contributed by atoms with E-state index in [9.17, 15) is 0 Å². The second-order valence-electron chi connectivity index (χ2n) is 7.03. The largest absolute Gasteiger partial charge is 0.388 e. The molecule has 2 heterocycles. The van der Waals surface area contributed by atoms with Gasteiger partial charge in [-0.25, -0.2) is 4.98 Å². The van der Waals surface area contributed by atoms with Crippen molar-refractivity contribution in [3.63, 3.8) is 0 Å². The Morgan fingerprint density at radius 2 is 1.64 bits per heavy atom. The van der Waals surface area contributed by atoms with Crippen LogP contribution in [-0.4, -0.2) is 31.1 Å². The molecule has 0 fully saturated rings. The van der Waals surface area contributed by atoms with Crippen molar-refractivity contribution in [3.05, 3.63) is 41.9 Å². The molecule has 0 saturated carbocycles. The van der Waals surface area contributed by atoms with Crippen molar-refractivity contribution in [1.29, 1.82) is 0 Å². The van der Waals surface area contributed by atoms with E-state index in [-0.39, 0.29) is 0 Å². The minimum atomic E-state index is 0.397. The molecular weight excluding hydrogens is 348 g/mol. The highest BCUT2D eigenvalue weighted by Gasteiger charge is 2.16. The summed E-state index contributed by atoms with van der Waals surface area (Å²) in [5.41, 5.74) is 6.07. The summed E-state index contributed by atoms with van der Waals surface area (Å²) in [4.78, 5) is 9.47. The third-order valence-electron chi connectivity index (χ3n) is 5.21. The zero-order valence-corrected chi connectivity index (χ0v) is 17.6. The Morgan fingerprint density at radius 3 is 2.21 bits per heavy atom. The molecule has 1 atom stereocenters. The maximum atomic E-state index is 4.81. The van der Waals surface area contributed by atoms with Gasteiger partial charge in [0.2, 0.25) is 0 Å². The van der Waals surface area contributed by atoms with Crippen LogP contribution in [0.1, 0.15) is 37.6 Å². The molecule has 0 radical (unpaired) electrons. The van der Waals surface area contributed by atoms with Crippen LogP contribution in [0.5, 0.6) is 0 Å². The highest BCUT2D eigenvalue weighted by Crippen LogP contribution is 2.38. The fourth-order valence-electron chi connectivity index (χ4n) is 3.44. The molecule has 3 rings (SSSR count). The molecule has 0 bridgehead atoms. The number of nitrogens with zero attached hydrogens (tertiary/aromatic N) is 2. The second-order valence-corrected chi connectivity index (χ2v) is 7.03. The highest BCUT2D eigenvalue weighted by molar-refractivity contribution is 5.98. The lowest BCUT2D eigenvalue weighted by atomic mass is 9.98. The van der Waals surface area contributed by atoms with Crippen LogP contribution in [0.25, 0.3) is 10.8 Å². The summed E-state index contributed by atoms with van der Waals surface area (Å²) in [5.74, 6) is 1.24. The first-order valence-corrected chi connectivity index (χ1v) is 9.76. The third-order valence-corrected chi connectivity index (χ3v) is 5.21. The summed E-state index contributed by atoms with van der Waals surface area (Å²) in [6.07, 6.45) is 2.93. The summed E-state index contributed by atoms with van der Waals surface area (Å²) in [6, 6.07) is 8.33. The van der Waals surface area contributed by atoms with Crippen LogP contribution in [0.15, 0.2) is 30.5 Å². The van der Waals surface area contributed by atoms with Gasteiger partial charge in [-0.1, -0.05) is 13.8 Å². The standard InChI is InChI=1S/C22H30N6/c1-7-13(2)20-17-10-14(3)27-22(16(17)8-9-26-20)28-21-18(24-5)11-15(23-4)12-19(21)25-6/h8-13,23-25H,7H2,1-6H3,(H,27,28). The van der Waals surface area contributed by atoms with Gasteiger partial charge in [0.05, 0.1) is 22.8 Å². The average molecular weight is 379 g/mol. The van der Waals surface area contributed by atoms with E-state index >= 15 is 0 Å². The molecule has 6 nitrogen and oxygen atoms in total. The molecule has 0 aliphatic heterocycles. The number of rotatable bonds is 7. The van der Waals surface area contributed by atoms with E-state index in [1.54, 1.807) is 0 Å². The monoisotopic (exact) mass is 378 g/mol. The van der Waals surface area contributed by atoms with Crippen LogP contribution >= 0.6 is 0 Å². The summed E-state index contributed by atoms with van der Waals surface area (Å²) in [7, 11) is 5.76. The van der Waals surface area contributed by atoms with Crippen LogP contribution in [0, 0.1) is 6.92 Å². The maximum Gasteiger partial charge on any atom is 0.138 e. The van der Waals surface area contributed by atoms with E-state index in [0.29, 0.717) is 5.92 Å². The Hall–Kier alpha value is -3.02. The Kier molecular flexibility index (Phi) is 5.87. The summed E-state index contributed by atoms with van der Waals surface area (Å²) in [5, 5.41) is 15.6. The van der Waals surface area contributed by atoms with Crippen molar-refractivity contribution in [2.24, 2.45) is 0 Å². The molecule has 1 unspecified atom stereocenters. The summed E-state index contributed by atoms with van der Waals surface area (Å²) in [6.45, 7) is 6.44. The topological polar surface area (TPSA) is 73.9 Å². The lowest BCUT2D eigenvalue weighted by Crippen LogP contribution is -2.06. The summed E-state index contributed by atoms with van der Waals surface area (Å²) >= 11 is 0. The fraction of sp³-hybridized carbons (Fsp3) is 0.364. The predicted molar refractivity (Wildman–Crippen MR) is 121 cm³/mol. The van der Waals surface area contributed by atoms with Gasteiger partial charge in [-0.2, -0.15) is 0 Å². The molecular formula is C22H30N6. The molecule has 0 saturated heterocycles. The molecule has 0 amide bonds. The van der Waals surface area contributed by atoms with Gasteiger partial charge in [-0.05, 0) is 43.5 Å². The van der Waals surface area contributed by atoms with Crippen molar-refractivity contribution in [2.75, 3.05) is 42.4 Å². The quantitative estimate of drug-likeness (QED) is 0.446. The second kappa shape index (κ2) is 8.33. The molecule has 3 aromatic rings. The number of pyridine rings is 2. The molecule has 0 spiro atoms. The Labute approximate surface area is 167 Å². The number of hydrogen-bond donors (Lipinski definition) is 4. The fourth-order valence-corrected chi connectivity index (χ4v) is 3.44. The van der Waals surface area contributed by atoms with Gasteiger partial charge in [0.25, 0.3) is 0 Å². The van der Waals surface area contributed by atoms with Crippen molar-refractivity contribution < 1.29 is 0 Å². The number of hydrogen-bond acceptors (Lipinski definition) is 6. The number of aromatic nitrogens is 2. The van der Waals surface area contributed by atoms with Crippen LogP contribution < -0.4 is 21.3 Å². The van der Waals surface area contributed by atoms with Crippen molar-refractivity contribution in [3.8, 4) is 0 Å². The number of anilines is 5. The minimum Gasteiger partial charge on any atom is -0.388 e. The number of nitrogens with one attached hydrogen (secondary N) is 4. The van der Waals surface area contributed by atoms with Crippen molar-refractivity contribution >= 4 is 39.3 Å². The van der Waals surface area contributed by atoms with Crippen molar-refractivity contribution in [1.82, 2.24) is 9.97 Å². The molecule has 148 valence electrons. The normalized spacial score (nSPS) is 11.9.